The molecule has 0 N–H and O–H groups in total. The summed E-state index contributed by atoms with van der Waals surface area (Å²) in [6.07, 6.45) is 18.5. The van der Waals surface area contributed by atoms with Gasteiger partial charge in [-0.15, -0.1) is 0 Å². The lowest BCUT2D eigenvalue weighted by Gasteiger charge is -2.29. The number of ether oxygens (including phenoxy) is 1. The van der Waals surface area contributed by atoms with Gasteiger partial charge in [0.05, 0.1) is 11.6 Å². The van der Waals surface area contributed by atoms with E-state index in [1.807, 2.05) is 12.1 Å². The van der Waals surface area contributed by atoms with Gasteiger partial charge in [-0.3, -0.25) is 0 Å². The summed E-state index contributed by atoms with van der Waals surface area (Å²) in [4.78, 5) is 0. The number of rotatable bonds is 12. The van der Waals surface area contributed by atoms with Crippen molar-refractivity contribution in [3.8, 4) is 6.07 Å². The van der Waals surface area contributed by atoms with Crippen molar-refractivity contribution in [2.24, 2.45) is 5.92 Å². The average Bonchev–Trinajstić information content (AvgIpc) is 2.72. The van der Waals surface area contributed by atoms with Crippen LogP contribution in [0.3, 0.4) is 0 Å². The van der Waals surface area contributed by atoms with E-state index in [2.05, 4.69) is 37.3 Å². The van der Waals surface area contributed by atoms with Crippen molar-refractivity contribution in [1.29, 1.82) is 5.26 Å². The molecule has 0 aliphatic heterocycles. The third kappa shape index (κ3) is 8.76. The summed E-state index contributed by atoms with van der Waals surface area (Å²) in [5.41, 5.74) is 2.19. The number of nitrogens with zero attached hydrogens (tertiary/aromatic N) is 1. The lowest BCUT2D eigenvalue weighted by molar-refractivity contribution is 0.124. The molecule has 1 aliphatic carbocycles. The first-order valence-electron chi connectivity index (χ1n) is 11.1. The van der Waals surface area contributed by atoms with Crippen LogP contribution >= 0.6 is 0 Å². The van der Waals surface area contributed by atoms with Crippen molar-refractivity contribution in [3.63, 3.8) is 0 Å². The van der Waals surface area contributed by atoms with E-state index < -0.39 is 0 Å². The molecule has 2 rings (SSSR count). The van der Waals surface area contributed by atoms with Crippen molar-refractivity contribution in [2.75, 3.05) is 13.2 Å². The first kappa shape index (κ1) is 21.7. The largest absolute Gasteiger partial charge is 0.381 e. The van der Waals surface area contributed by atoms with Gasteiger partial charge in [0.2, 0.25) is 0 Å². The molecule has 148 valence electrons. The molecule has 1 saturated carbocycles. The van der Waals surface area contributed by atoms with Crippen LogP contribution in [0.25, 0.3) is 0 Å². The maximum atomic E-state index is 8.92. The highest BCUT2D eigenvalue weighted by Gasteiger charge is 2.21. The molecule has 0 radical (unpaired) electrons. The minimum absolute atomic E-state index is 0.699. The van der Waals surface area contributed by atoms with Crippen LogP contribution in [0.1, 0.15) is 94.6 Å². The molecule has 27 heavy (non-hydrogen) atoms. The fourth-order valence-electron chi connectivity index (χ4n) is 4.10. The topological polar surface area (TPSA) is 33.0 Å². The molecule has 0 atom stereocenters. The van der Waals surface area contributed by atoms with Crippen LogP contribution in [0, 0.1) is 17.2 Å². The Kier molecular flexibility index (Phi) is 10.9. The van der Waals surface area contributed by atoms with E-state index in [1.54, 1.807) is 0 Å². The standard InChI is InChI=1S/C25H37NO/c1-2-3-4-5-6-8-19-27-20-9-7-10-22-11-15-24(16-12-22)25-17-13-23(21-26)14-18-25/h3-4,13-14,17-18,22,24H,2,5-12,15-16,19-20H2,1H3/b4-3+. The van der Waals surface area contributed by atoms with E-state index in [0.717, 1.165) is 31.1 Å². The highest BCUT2D eigenvalue weighted by Crippen LogP contribution is 2.37. The lowest BCUT2D eigenvalue weighted by Crippen LogP contribution is -2.13. The third-order valence-corrected chi connectivity index (χ3v) is 5.82. The minimum atomic E-state index is 0.699. The van der Waals surface area contributed by atoms with Crippen molar-refractivity contribution < 1.29 is 4.74 Å². The summed E-state index contributed by atoms with van der Waals surface area (Å²) in [5, 5.41) is 8.92. The van der Waals surface area contributed by atoms with E-state index in [0.29, 0.717) is 5.92 Å². The molecule has 0 amide bonds. The van der Waals surface area contributed by atoms with E-state index in [4.69, 9.17) is 10.00 Å². The minimum Gasteiger partial charge on any atom is -0.381 e. The average molecular weight is 368 g/mol. The highest BCUT2D eigenvalue weighted by molar-refractivity contribution is 5.33. The normalized spacial score (nSPS) is 20.0. The fraction of sp³-hybridized carbons (Fsp3) is 0.640. The van der Waals surface area contributed by atoms with Crippen LogP contribution in [-0.2, 0) is 4.74 Å². The number of nitriles is 1. The Morgan fingerprint density at radius 1 is 0.963 bits per heavy atom. The zero-order valence-corrected chi connectivity index (χ0v) is 17.2. The summed E-state index contributed by atoms with van der Waals surface area (Å²) in [7, 11) is 0. The van der Waals surface area contributed by atoms with E-state index in [9.17, 15) is 0 Å². The van der Waals surface area contributed by atoms with Gasteiger partial charge in [-0.05, 0) is 87.3 Å². The molecular formula is C25H37NO. The Morgan fingerprint density at radius 2 is 1.67 bits per heavy atom. The predicted molar refractivity (Wildman–Crippen MR) is 114 cm³/mol. The van der Waals surface area contributed by atoms with Crippen molar-refractivity contribution in [1.82, 2.24) is 0 Å². The maximum Gasteiger partial charge on any atom is 0.0991 e. The van der Waals surface area contributed by atoms with Crippen LogP contribution in [-0.4, -0.2) is 13.2 Å². The molecule has 0 spiro atoms. The Balaban J connectivity index is 1.47. The molecule has 2 nitrogen and oxygen atoms in total. The number of unbranched alkanes of at least 4 members (excludes halogenated alkanes) is 3. The second-order valence-corrected chi connectivity index (χ2v) is 7.94. The highest BCUT2D eigenvalue weighted by atomic mass is 16.5. The molecule has 0 heterocycles. The Labute approximate surface area is 166 Å². The Morgan fingerprint density at radius 3 is 2.33 bits per heavy atom. The quantitative estimate of drug-likeness (QED) is 0.290. The number of hydrogen-bond acceptors (Lipinski definition) is 2. The van der Waals surface area contributed by atoms with Gasteiger partial charge in [-0.25, -0.2) is 0 Å². The Hall–Kier alpha value is -1.59. The smallest absolute Gasteiger partial charge is 0.0991 e. The molecule has 1 aliphatic rings. The molecule has 0 bridgehead atoms. The first-order valence-corrected chi connectivity index (χ1v) is 11.1. The van der Waals surface area contributed by atoms with E-state index in [1.165, 1.54) is 69.8 Å². The van der Waals surface area contributed by atoms with Gasteiger partial charge in [-0.1, -0.05) is 44.1 Å². The van der Waals surface area contributed by atoms with Crippen LogP contribution in [0.4, 0.5) is 0 Å². The second kappa shape index (κ2) is 13.6. The summed E-state index contributed by atoms with van der Waals surface area (Å²) in [6.45, 7) is 4.04. The van der Waals surface area contributed by atoms with E-state index >= 15 is 0 Å². The number of allylic oxidation sites excluding steroid dienone is 2. The van der Waals surface area contributed by atoms with Gasteiger partial charge < -0.3 is 4.74 Å². The fourth-order valence-corrected chi connectivity index (χ4v) is 4.10. The molecule has 0 unspecified atom stereocenters. The predicted octanol–water partition coefficient (Wildman–Crippen LogP) is 7.16. The summed E-state index contributed by atoms with van der Waals surface area (Å²) >= 11 is 0. The number of benzene rings is 1. The zero-order chi connectivity index (χ0) is 19.2. The molecule has 0 saturated heterocycles. The van der Waals surface area contributed by atoms with Crippen LogP contribution in [0.2, 0.25) is 0 Å². The summed E-state index contributed by atoms with van der Waals surface area (Å²) < 4.78 is 5.78. The monoisotopic (exact) mass is 367 g/mol. The van der Waals surface area contributed by atoms with E-state index in [-0.39, 0.29) is 0 Å². The van der Waals surface area contributed by atoms with Gasteiger partial charge in [0.25, 0.3) is 0 Å². The molecule has 0 aromatic heterocycles. The third-order valence-electron chi connectivity index (χ3n) is 5.82. The lowest BCUT2D eigenvalue weighted by atomic mass is 9.77. The molecular weight excluding hydrogens is 330 g/mol. The van der Waals surface area contributed by atoms with Gasteiger partial charge >= 0.3 is 0 Å². The van der Waals surface area contributed by atoms with Crippen molar-refractivity contribution >= 4 is 0 Å². The Bertz CT molecular complexity index is 561. The summed E-state index contributed by atoms with van der Waals surface area (Å²) in [6, 6.07) is 10.4. The number of hydrogen-bond donors (Lipinski definition) is 0. The molecule has 2 heteroatoms. The van der Waals surface area contributed by atoms with Gasteiger partial charge in [-0.2, -0.15) is 5.26 Å². The van der Waals surface area contributed by atoms with Gasteiger partial charge in [0.1, 0.15) is 0 Å². The zero-order valence-electron chi connectivity index (χ0n) is 17.2. The van der Waals surface area contributed by atoms with Crippen molar-refractivity contribution in [2.45, 2.75) is 83.5 Å². The SMILES string of the molecule is CC/C=C/CCCCOCCCCC1CCC(c2ccc(C#N)cc2)CC1. The molecule has 1 aromatic carbocycles. The van der Waals surface area contributed by atoms with Gasteiger partial charge in [0.15, 0.2) is 0 Å². The van der Waals surface area contributed by atoms with Crippen LogP contribution in [0.5, 0.6) is 0 Å². The van der Waals surface area contributed by atoms with Crippen LogP contribution < -0.4 is 0 Å². The molecule has 1 aromatic rings. The van der Waals surface area contributed by atoms with Crippen LogP contribution in [0.15, 0.2) is 36.4 Å². The first-order chi connectivity index (χ1) is 13.3. The summed E-state index contributed by atoms with van der Waals surface area (Å²) in [5.74, 6) is 1.61. The van der Waals surface area contributed by atoms with Crippen molar-refractivity contribution in [3.05, 3.63) is 47.5 Å². The second-order valence-electron chi connectivity index (χ2n) is 7.94. The maximum absolute atomic E-state index is 8.92. The molecule has 1 fully saturated rings. The van der Waals surface area contributed by atoms with Gasteiger partial charge in [0, 0.05) is 13.2 Å².